The number of benzene rings is 2. The standard InChI is InChI=1S/C20H21N3O2/c1-2-23-11-10-17-16(13-23)8-9-19(18(17)12-21)22-20(24)25-14-15-6-4-3-5-7-15/h3-9H,2,10-11,13-14H2,1H3,(H,22,24). The molecule has 1 aliphatic heterocycles. The van der Waals surface area contributed by atoms with Crippen LogP contribution in [0.3, 0.4) is 0 Å². The molecular formula is C20H21N3O2. The van der Waals surface area contributed by atoms with Crippen molar-refractivity contribution < 1.29 is 9.53 Å². The number of anilines is 1. The van der Waals surface area contributed by atoms with Crippen LogP contribution < -0.4 is 5.32 Å². The largest absolute Gasteiger partial charge is 0.444 e. The molecule has 128 valence electrons. The van der Waals surface area contributed by atoms with E-state index in [-0.39, 0.29) is 6.61 Å². The van der Waals surface area contributed by atoms with Crippen molar-refractivity contribution in [3.63, 3.8) is 0 Å². The van der Waals surface area contributed by atoms with Crippen molar-refractivity contribution in [3.05, 3.63) is 64.7 Å². The Balaban J connectivity index is 1.70. The Morgan fingerprint density at radius 2 is 2.08 bits per heavy atom. The first-order valence-electron chi connectivity index (χ1n) is 8.46. The van der Waals surface area contributed by atoms with E-state index in [0.29, 0.717) is 11.3 Å². The highest BCUT2D eigenvalue weighted by molar-refractivity contribution is 5.87. The summed E-state index contributed by atoms with van der Waals surface area (Å²) in [6, 6.07) is 15.5. The van der Waals surface area contributed by atoms with Crippen molar-refractivity contribution in [2.24, 2.45) is 0 Å². The minimum atomic E-state index is -0.550. The maximum Gasteiger partial charge on any atom is 0.411 e. The number of nitrogens with one attached hydrogen (secondary N) is 1. The van der Waals surface area contributed by atoms with E-state index in [2.05, 4.69) is 23.2 Å². The van der Waals surface area contributed by atoms with Crippen molar-refractivity contribution in [1.82, 2.24) is 4.90 Å². The molecule has 0 radical (unpaired) electrons. The van der Waals surface area contributed by atoms with Crippen LogP contribution in [0.4, 0.5) is 10.5 Å². The Morgan fingerprint density at radius 3 is 2.80 bits per heavy atom. The van der Waals surface area contributed by atoms with Crippen LogP contribution in [0.5, 0.6) is 0 Å². The van der Waals surface area contributed by atoms with E-state index < -0.39 is 6.09 Å². The zero-order valence-electron chi connectivity index (χ0n) is 14.3. The molecule has 0 atom stereocenters. The SMILES string of the molecule is CCN1CCc2c(ccc(NC(=O)OCc3ccccc3)c2C#N)C1. The molecule has 1 heterocycles. The lowest BCUT2D eigenvalue weighted by Gasteiger charge is -2.28. The predicted molar refractivity (Wildman–Crippen MR) is 96.1 cm³/mol. The third-order valence-corrected chi connectivity index (χ3v) is 4.49. The second-order valence-corrected chi connectivity index (χ2v) is 6.04. The van der Waals surface area contributed by atoms with Gasteiger partial charge in [0.15, 0.2) is 0 Å². The van der Waals surface area contributed by atoms with Crippen molar-refractivity contribution in [1.29, 1.82) is 5.26 Å². The minimum Gasteiger partial charge on any atom is -0.444 e. The normalized spacial score (nSPS) is 13.6. The molecule has 0 bridgehead atoms. The molecule has 1 aliphatic rings. The Labute approximate surface area is 147 Å². The fraction of sp³-hybridized carbons (Fsp3) is 0.300. The summed E-state index contributed by atoms with van der Waals surface area (Å²) in [6.07, 6.45) is 0.270. The molecule has 0 spiro atoms. The predicted octanol–water partition coefficient (Wildman–Crippen LogP) is 3.68. The van der Waals surface area contributed by atoms with Crippen LogP contribution in [0.1, 0.15) is 29.2 Å². The van der Waals surface area contributed by atoms with Gasteiger partial charge in [-0.05, 0) is 35.7 Å². The first kappa shape index (κ1) is 17.0. The molecule has 0 unspecified atom stereocenters. The fourth-order valence-electron chi connectivity index (χ4n) is 3.09. The molecule has 5 heteroatoms. The van der Waals surface area contributed by atoms with Crippen LogP contribution in [-0.2, 0) is 24.3 Å². The Hall–Kier alpha value is -2.84. The lowest BCUT2D eigenvalue weighted by Crippen LogP contribution is -2.31. The number of nitriles is 1. The number of carbonyl (C=O) groups excluding carboxylic acids is 1. The van der Waals surface area contributed by atoms with Gasteiger partial charge in [-0.3, -0.25) is 10.2 Å². The summed E-state index contributed by atoms with van der Waals surface area (Å²) in [4.78, 5) is 14.4. The fourth-order valence-corrected chi connectivity index (χ4v) is 3.09. The van der Waals surface area contributed by atoms with Gasteiger partial charge in [-0.25, -0.2) is 4.79 Å². The molecule has 2 aromatic rings. The monoisotopic (exact) mass is 335 g/mol. The summed E-state index contributed by atoms with van der Waals surface area (Å²) in [6.45, 7) is 5.10. The van der Waals surface area contributed by atoms with E-state index in [1.54, 1.807) is 6.07 Å². The Morgan fingerprint density at radius 1 is 1.28 bits per heavy atom. The van der Waals surface area contributed by atoms with Gasteiger partial charge < -0.3 is 4.74 Å². The molecule has 25 heavy (non-hydrogen) atoms. The second kappa shape index (κ2) is 7.82. The lowest BCUT2D eigenvalue weighted by molar-refractivity contribution is 0.155. The third kappa shape index (κ3) is 3.98. The molecule has 3 rings (SSSR count). The summed E-state index contributed by atoms with van der Waals surface area (Å²) in [5.74, 6) is 0. The number of fused-ring (bicyclic) bond motifs is 1. The van der Waals surface area contributed by atoms with Crippen LogP contribution in [0, 0.1) is 11.3 Å². The van der Waals surface area contributed by atoms with Gasteiger partial charge in [0, 0.05) is 13.1 Å². The molecule has 2 aromatic carbocycles. The quantitative estimate of drug-likeness (QED) is 0.925. The maximum absolute atomic E-state index is 12.1. The number of nitrogens with zero attached hydrogens (tertiary/aromatic N) is 2. The zero-order valence-corrected chi connectivity index (χ0v) is 14.3. The van der Waals surface area contributed by atoms with E-state index in [9.17, 15) is 10.1 Å². The minimum absolute atomic E-state index is 0.199. The number of carbonyl (C=O) groups is 1. The third-order valence-electron chi connectivity index (χ3n) is 4.49. The highest BCUT2D eigenvalue weighted by Crippen LogP contribution is 2.28. The van der Waals surface area contributed by atoms with E-state index in [4.69, 9.17) is 4.74 Å². The van der Waals surface area contributed by atoms with Gasteiger partial charge in [-0.2, -0.15) is 5.26 Å². The van der Waals surface area contributed by atoms with Crippen molar-refractivity contribution in [2.75, 3.05) is 18.4 Å². The van der Waals surface area contributed by atoms with Crippen LogP contribution in [-0.4, -0.2) is 24.1 Å². The Kier molecular flexibility index (Phi) is 5.32. The maximum atomic E-state index is 12.1. The van der Waals surface area contributed by atoms with Crippen LogP contribution in [0.15, 0.2) is 42.5 Å². The smallest absolute Gasteiger partial charge is 0.411 e. The summed E-state index contributed by atoms with van der Waals surface area (Å²) >= 11 is 0. The Bertz CT molecular complexity index is 797. The van der Waals surface area contributed by atoms with E-state index in [1.807, 2.05) is 36.4 Å². The number of hydrogen-bond acceptors (Lipinski definition) is 4. The van der Waals surface area contributed by atoms with Gasteiger partial charge in [0.05, 0.1) is 11.3 Å². The molecule has 1 N–H and O–H groups in total. The number of rotatable bonds is 4. The molecule has 1 amide bonds. The van der Waals surface area contributed by atoms with Gasteiger partial charge in [0.25, 0.3) is 0 Å². The molecule has 0 saturated heterocycles. The molecular weight excluding hydrogens is 314 g/mol. The summed E-state index contributed by atoms with van der Waals surface area (Å²) in [7, 11) is 0. The summed E-state index contributed by atoms with van der Waals surface area (Å²) < 4.78 is 5.24. The molecule has 5 nitrogen and oxygen atoms in total. The van der Waals surface area contributed by atoms with E-state index in [1.165, 1.54) is 0 Å². The first-order chi connectivity index (χ1) is 12.2. The topological polar surface area (TPSA) is 65.4 Å². The summed E-state index contributed by atoms with van der Waals surface area (Å²) in [5.41, 5.74) is 4.18. The van der Waals surface area contributed by atoms with Crippen molar-refractivity contribution in [3.8, 4) is 6.07 Å². The molecule has 0 fully saturated rings. The van der Waals surface area contributed by atoms with Gasteiger partial charge >= 0.3 is 6.09 Å². The van der Waals surface area contributed by atoms with E-state index in [0.717, 1.165) is 42.7 Å². The molecule has 0 saturated carbocycles. The van der Waals surface area contributed by atoms with Crippen LogP contribution >= 0.6 is 0 Å². The number of hydrogen-bond donors (Lipinski definition) is 1. The molecule has 0 aliphatic carbocycles. The highest BCUT2D eigenvalue weighted by atomic mass is 16.5. The summed E-state index contributed by atoms with van der Waals surface area (Å²) in [5, 5.41) is 12.3. The second-order valence-electron chi connectivity index (χ2n) is 6.04. The van der Waals surface area contributed by atoms with Gasteiger partial charge in [-0.15, -0.1) is 0 Å². The average molecular weight is 335 g/mol. The van der Waals surface area contributed by atoms with Crippen molar-refractivity contribution in [2.45, 2.75) is 26.5 Å². The van der Waals surface area contributed by atoms with E-state index >= 15 is 0 Å². The number of ether oxygens (including phenoxy) is 1. The van der Waals surface area contributed by atoms with Gasteiger partial charge in [0.2, 0.25) is 0 Å². The van der Waals surface area contributed by atoms with Crippen LogP contribution in [0.25, 0.3) is 0 Å². The van der Waals surface area contributed by atoms with Gasteiger partial charge in [0.1, 0.15) is 12.7 Å². The van der Waals surface area contributed by atoms with Gasteiger partial charge in [-0.1, -0.05) is 43.3 Å². The number of amides is 1. The number of likely N-dealkylation sites (N-methyl/N-ethyl adjacent to an activating group) is 1. The zero-order chi connectivity index (χ0) is 17.6. The highest BCUT2D eigenvalue weighted by Gasteiger charge is 2.21. The van der Waals surface area contributed by atoms with Crippen LogP contribution in [0.2, 0.25) is 0 Å². The molecule has 0 aromatic heterocycles. The average Bonchev–Trinajstić information content (AvgIpc) is 2.66. The first-order valence-corrected chi connectivity index (χ1v) is 8.46. The van der Waals surface area contributed by atoms with Crippen molar-refractivity contribution >= 4 is 11.8 Å². The lowest BCUT2D eigenvalue weighted by atomic mass is 9.93.